The zero-order valence-electron chi connectivity index (χ0n) is 7.98. The first-order valence-corrected chi connectivity index (χ1v) is 4.79. The summed E-state index contributed by atoms with van der Waals surface area (Å²) in [5.41, 5.74) is 6.94. The van der Waals surface area contributed by atoms with Crippen LogP contribution in [0, 0.1) is 0 Å². The highest BCUT2D eigenvalue weighted by Gasteiger charge is 2.09. The fourth-order valence-electron chi connectivity index (χ4n) is 1.73. The first-order chi connectivity index (χ1) is 6.81. The minimum atomic E-state index is -0.161. The maximum atomic E-state index is 8.87. The van der Waals surface area contributed by atoms with Crippen molar-refractivity contribution in [1.29, 1.82) is 0 Å². The maximum Gasteiger partial charge on any atom is 0.0650 e. The Balaban J connectivity index is 2.36. The number of para-hydroxylation sites is 1. The summed E-state index contributed by atoms with van der Waals surface area (Å²) in [5.74, 6) is 0. The molecule has 1 aromatic carbocycles. The SMILES string of the molecule is N[C@H](CO)CC1=c2ccccc2=NC1. The van der Waals surface area contributed by atoms with Crippen molar-refractivity contribution in [3.8, 4) is 0 Å². The number of nitrogens with zero attached hydrogens (tertiary/aromatic N) is 1. The van der Waals surface area contributed by atoms with Gasteiger partial charge in [-0.3, -0.25) is 4.99 Å². The lowest BCUT2D eigenvalue weighted by molar-refractivity contribution is 0.267. The van der Waals surface area contributed by atoms with E-state index >= 15 is 0 Å². The molecule has 0 unspecified atom stereocenters. The van der Waals surface area contributed by atoms with E-state index in [9.17, 15) is 0 Å². The van der Waals surface area contributed by atoms with E-state index in [0.717, 1.165) is 18.3 Å². The van der Waals surface area contributed by atoms with Gasteiger partial charge < -0.3 is 10.8 Å². The predicted octanol–water partition coefficient (Wildman–Crippen LogP) is -0.820. The molecule has 1 aliphatic heterocycles. The normalized spacial score (nSPS) is 16.3. The molecule has 0 spiro atoms. The molecule has 2 rings (SSSR count). The van der Waals surface area contributed by atoms with Crippen molar-refractivity contribution in [1.82, 2.24) is 0 Å². The Morgan fingerprint density at radius 3 is 3.00 bits per heavy atom. The molecule has 1 aliphatic rings. The van der Waals surface area contributed by atoms with Gasteiger partial charge >= 0.3 is 0 Å². The first kappa shape index (κ1) is 9.37. The van der Waals surface area contributed by atoms with Crippen LogP contribution in [0.3, 0.4) is 0 Å². The molecule has 1 heterocycles. The van der Waals surface area contributed by atoms with E-state index in [2.05, 4.69) is 11.1 Å². The quantitative estimate of drug-likeness (QED) is 0.654. The van der Waals surface area contributed by atoms with Crippen LogP contribution in [0.5, 0.6) is 0 Å². The maximum absolute atomic E-state index is 8.87. The van der Waals surface area contributed by atoms with Crippen molar-refractivity contribution < 1.29 is 5.11 Å². The van der Waals surface area contributed by atoms with Gasteiger partial charge in [-0.2, -0.15) is 0 Å². The Morgan fingerprint density at radius 2 is 2.21 bits per heavy atom. The summed E-state index contributed by atoms with van der Waals surface area (Å²) >= 11 is 0. The summed E-state index contributed by atoms with van der Waals surface area (Å²) in [6.07, 6.45) is 0.733. The average Bonchev–Trinajstić information content (AvgIpc) is 2.62. The second-order valence-corrected chi connectivity index (χ2v) is 3.58. The highest BCUT2D eigenvalue weighted by Crippen LogP contribution is 2.05. The third-order valence-corrected chi connectivity index (χ3v) is 2.47. The molecular weight excluding hydrogens is 176 g/mol. The number of fused-ring (bicyclic) bond motifs is 1. The molecule has 1 aromatic rings. The molecule has 74 valence electrons. The van der Waals surface area contributed by atoms with Crippen LogP contribution < -0.4 is 16.3 Å². The molecular formula is C11H14N2O. The Hall–Kier alpha value is -1.19. The van der Waals surface area contributed by atoms with E-state index in [1.807, 2.05) is 18.2 Å². The van der Waals surface area contributed by atoms with Crippen LogP contribution in [0.1, 0.15) is 6.42 Å². The van der Waals surface area contributed by atoms with Gasteiger partial charge in [0.05, 0.1) is 18.5 Å². The summed E-state index contributed by atoms with van der Waals surface area (Å²) in [5, 5.41) is 11.1. The summed E-state index contributed by atoms with van der Waals surface area (Å²) < 4.78 is 0. The molecule has 3 N–H and O–H groups in total. The minimum absolute atomic E-state index is 0.0334. The van der Waals surface area contributed by atoms with Crippen molar-refractivity contribution in [2.75, 3.05) is 13.2 Å². The average molecular weight is 190 g/mol. The molecule has 0 saturated carbocycles. The lowest BCUT2D eigenvalue weighted by Gasteiger charge is -2.07. The van der Waals surface area contributed by atoms with E-state index < -0.39 is 0 Å². The fraction of sp³-hybridized carbons (Fsp3) is 0.364. The first-order valence-electron chi connectivity index (χ1n) is 4.79. The highest BCUT2D eigenvalue weighted by atomic mass is 16.3. The number of hydrogen-bond acceptors (Lipinski definition) is 3. The van der Waals surface area contributed by atoms with Crippen molar-refractivity contribution in [2.24, 2.45) is 10.7 Å². The standard InChI is InChI=1S/C11H14N2O/c12-9(7-14)5-8-6-13-11-4-2-1-3-10(8)11/h1-4,9,14H,5-7,12H2/t9-/m0/s1. The van der Waals surface area contributed by atoms with Crippen molar-refractivity contribution in [3.63, 3.8) is 0 Å². The smallest absolute Gasteiger partial charge is 0.0650 e. The number of benzene rings is 1. The zero-order valence-corrected chi connectivity index (χ0v) is 7.98. The van der Waals surface area contributed by atoms with Crippen LogP contribution in [0.25, 0.3) is 5.57 Å². The molecule has 0 amide bonds. The zero-order chi connectivity index (χ0) is 9.97. The number of aliphatic hydroxyl groups excluding tert-OH is 1. The minimum Gasteiger partial charge on any atom is -0.395 e. The van der Waals surface area contributed by atoms with Gasteiger partial charge in [0, 0.05) is 11.3 Å². The van der Waals surface area contributed by atoms with Crippen LogP contribution in [0.2, 0.25) is 0 Å². The van der Waals surface area contributed by atoms with Gasteiger partial charge in [-0.15, -0.1) is 0 Å². The third kappa shape index (κ3) is 1.69. The number of rotatable bonds is 3. The van der Waals surface area contributed by atoms with Gasteiger partial charge in [-0.1, -0.05) is 18.2 Å². The Bertz CT molecular complexity index is 439. The van der Waals surface area contributed by atoms with Crippen LogP contribution in [-0.4, -0.2) is 24.3 Å². The van der Waals surface area contributed by atoms with Crippen LogP contribution in [-0.2, 0) is 0 Å². The molecule has 0 aliphatic carbocycles. The second-order valence-electron chi connectivity index (χ2n) is 3.58. The Morgan fingerprint density at radius 1 is 1.43 bits per heavy atom. The third-order valence-electron chi connectivity index (χ3n) is 2.47. The summed E-state index contributed by atoms with van der Waals surface area (Å²) in [7, 11) is 0. The molecule has 0 bridgehead atoms. The molecule has 0 aromatic heterocycles. The van der Waals surface area contributed by atoms with Crippen molar-refractivity contribution in [2.45, 2.75) is 12.5 Å². The fourth-order valence-corrected chi connectivity index (χ4v) is 1.73. The molecule has 0 radical (unpaired) electrons. The van der Waals surface area contributed by atoms with Gasteiger partial charge in [-0.25, -0.2) is 0 Å². The van der Waals surface area contributed by atoms with Gasteiger partial charge in [0.2, 0.25) is 0 Å². The highest BCUT2D eigenvalue weighted by molar-refractivity contribution is 5.49. The van der Waals surface area contributed by atoms with Crippen LogP contribution in [0.4, 0.5) is 0 Å². The molecule has 0 saturated heterocycles. The van der Waals surface area contributed by atoms with Gasteiger partial charge in [-0.05, 0) is 18.1 Å². The summed E-state index contributed by atoms with van der Waals surface area (Å²) in [6.45, 7) is 0.763. The van der Waals surface area contributed by atoms with Crippen molar-refractivity contribution in [3.05, 3.63) is 34.8 Å². The topological polar surface area (TPSA) is 58.6 Å². The number of hydrogen-bond donors (Lipinski definition) is 2. The van der Waals surface area contributed by atoms with Crippen LogP contribution in [0.15, 0.2) is 29.3 Å². The largest absolute Gasteiger partial charge is 0.395 e. The van der Waals surface area contributed by atoms with Crippen molar-refractivity contribution >= 4 is 5.57 Å². The Labute approximate surface area is 82.6 Å². The van der Waals surface area contributed by atoms with E-state index in [0.29, 0.717) is 0 Å². The molecule has 3 nitrogen and oxygen atoms in total. The molecule has 14 heavy (non-hydrogen) atoms. The van der Waals surface area contributed by atoms with Gasteiger partial charge in [0.1, 0.15) is 0 Å². The molecule has 0 fully saturated rings. The van der Waals surface area contributed by atoms with Crippen LogP contribution >= 0.6 is 0 Å². The van der Waals surface area contributed by atoms with Gasteiger partial charge in [0.15, 0.2) is 0 Å². The molecule has 3 heteroatoms. The van der Waals surface area contributed by atoms with E-state index in [1.165, 1.54) is 10.8 Å². The van der Waals surface area contributed by atoms with Gasteiger partial charge in [0.25, 0.3) is 0 Å². The monoisotopic (exact) mass is 190 g/mol. The predicted molar refractivity (Wildman–Crippen MR) is 55.2 cm³/mol. The number of aliphatic hydroxyl groups is 1. The lowest BCUT2D eigenvalue weighted by Crippen LogP contribution is -2.28. The van der Waals surface area contributed by atoms with E-state index in [4.69, 9.17) is 10.8 Å². The summed E-state index contributed by atoms with van der Waals surface area (Å²) in [4.78, 5) is 4.39. The number of nitrogens with two attached hydrogens (primary N) is 1. The van der Waals surface area contributed by atoms with E-state index in [1.54, 1.807) is 0 Å². The lowest BCUT2D eigenvalue weighted by atomic mass is 10.1. The Kier molecular flexibility index (Phi) is 2.61. The molecule has 1 atom stereocenters. The summed E-state index contributed by atoms with van der Waals surface area (Å²) in [6, 6.07) is 7.89. The second kappa shape index (κ2) is 3.90. The van der Waals surface area contributed by atoms with E-state index in [-0.39, 0.29) is 12.6 Å².